The predicted molar refractivity (Wildman–Crippen MR) is 173 cm³/mol. The van der Waals surface area contributed by atoms with Gasteiger partial charge in [0.1, 0.15) is 6.10 Å². The molecule has 3 aromatic carbocycles. The van der Waals surface area contributed by atoms with E-state index in [1.165, 1.54) is 0 Å². The first-order chi connectivity index (χ1) is 20.6. The first-order valence-electron chi connectivity index (χ1n) is 14.7. The molecule has 0 bridgehead atoms. The maximum absolute atomic E-state index is 12.3. The highest BCUT2D eigenvalue weighted by atomic mass is 35.5. The van der Waals surface area contributed by atoms with Crippen LogP contribution in [0.1, 0.15) is 73.6 Å². The molecule has 1 unspecified atom stereocenters. The van der Waals surface area contributed by atoms with Gasteiger partial charge in [0.15, 0.2) is 6.29 Å². The Bertz CT molecular complexity index is 1700. The molecule has 0 spiro atoms. The largest absolute Gasteiger partial charge is 0.353 e. The molecule has 226 valence electrons. The second-order valence-electron chi connectivity index (χ2n) is 11.5. The van der Waals surface area contributed by atoms with E-state index in [0.717, 1.165) is 71.0 Å². The Hall–Kier alpha value is -3.07. The van der Waals surface area contributed by atoms with Gasteiger partial charge in [-0.1, -0.05) is 72.3 Å². The predicted octanol–water partition coefficient (Wildman–Crippen LogP) is 8.49. The number of halogens is 1. The fraction of sp³-hybridized carbons (Fsp3) is 0.343. The van der Waals surface area contributed by atoms with E-state index < -0.39 is 21.8 Å². The van der Waals surface area contributed by atoms with Gasteiger partial charge in [0.2, 0.25) is 0 Å². The molecule has 0 N–H and O–H groups in total. The number of ether oxygens (including phenoxy) is 2. The lowest BCUT2D eigenvalue weighted by molar-refractivity contribution is -0.219. The zero-order valence-corrected chi connectivity index (χ0v) is 26.4. The molecule has 4 aromatic rings. The van der Waals surface area contributed by atoms with Gasteiger partial charge in [-0.3, -0.25) is 4.18 Å². The molecule has 0 aliphatic carbocycles. The number of fused-ring (bicyclic) bond motifs is 1. The normalized spacial score (nSPS) is 17.0. The molecular formula is C35H38ClNO5S. The standard InChI is InChI=1S/C35H38ClNO5S/c1-35(2,41-34-13-6-7-22-40-34)31-12-5-4-10-26(31)17-21-33(42-43(3,38)39)28-11-8-9-25(23-28)14-19-30-20-16-27-15-18-29(36)24-32(27)37-30/h4-5,8-12,14-16,18-20,23-24,33-34H,6-7,13,17,21-22H2,1-3H3/t33-,34?/m0/s1. The molecule has 8 heteroatoms. The van der Waals surface area contributed by atoms with E-state index in [1.54, 1.807) is 0 Å². The highest BCUT2D eigenvalue weighted by molar-refractivity contribution is 7.86. The molecule has 0 amide bonds. The summed E-state index contributed by atoms with van der Waals surface area (Å²) in [6.45, 7) is 4.83. The van der Waals surface area contributed by atoms with Gasteiger partial charge in [0.25, 0.3) is 10.1 Å². The lowest BCUT2D eigenvalue weighted by Crippen LogP contribution is -2.33. The van der Waals surface area contributed by atoms with Crippen LogP contribution in [0.25, 0.3) is 23.1 Å². The summed E-state index contributed by atoms with van der Waals surface area (Å²) in [6, 6.07) is 25.5. The van der Waals surface area contributed by atoms with Gasteiger partial charge in [-0.05, 0) is 98.5 Å². The molecule has 43 heavy (non-hydrogen) atoms. The maximum atomic E-state index is 12.3. The summed E-state index contributed by atoms with van der Waals surface area (Å²) in [5, 5.41) is 1.66. The fourth-order valence-corrected chi connectivity index (χ4v) is 6.33. The monoisotopic (exact) mass is 619 g/mol. The topological polar surface area (TPSA) is 74.7 Å². The molecule has 1 aliphatic heterocycles. The number of pyridine rings is 1. The zero-order chi connectivity index (χ0) is 30.5. The number of hydrogen-bond acceptors (Lipinski definition) is 6. The summed E-state index contributed by atoms with van der Waals surface area (Å²) < 4.78 is 42.5. The SMILES string of the molecule is CC(C)(OC1CCCCO1)c1ccccc1CC[C@H](OS(C)(=O)=O)c1cccc(C=Cc2ccc3ccc(Cl)cc3n2)c1. The van der Waals surface area contributed by atoms with E-state index in [2.05, 4.69) is 26.0 Å². The number of aryl methyl sites for hydroxylation is 1. The van der Waals surface area contributed by atoms with E-state index in [4.69, 9.17) is 30.2 Å². The number of rotatable bonds is 11. The van der Waals surface area contributed by atoms with E-state index in [0.29, 0.717) is 17.9 Å². The minimum absolute atomic E-state index is 0.225. The van der Waals surface area contributed by atoms with Crippen LogP contribution in [0.5, 0.6) is 0 Å². The van der Waals surface area contributed by atoms with E-state index in [1.807, 2.05) is 78.9 Å². The van der Waals surface area contributed by atoms with Crippen LogP contribution in [0.4, 0.5) is 0 Å². The van der Waals surface area contributed by atoms with Crippen molar-refractivity contribution in [2.24, 2.45) is 0 Å². The molecule has 0 saturated carbocycles. The van der Waals surface area contributed by atoms with Crippen LogP contribution >= 0.6 is 11.6 Å². The minimum Gasteiger partial charge on any atom is -0.353 e. The molecule has 6 nitrogen and oxygen atoms in total. The van der Waals surface area contributed by atoms with Crippen LogP contribution < -0.4 is 0 Å². The number of nitrogens with zero attached hydrogens (tertiary/aromatic N) is 1. The van der Waals surface area contributed by atoms with Gasteiger partial charge >= 0.3 is 0 Å². The van der Waals surface area contributed by atoms with Crippen LogP contribution in [-0.2, 0) is 35.8 Å². The lowest BCUT2D eigenvalue weighted by Gasteiger charge is -2.34. The third-order valence-electron chi connectivity index (χ3n) is 7.60. The van der Waals surface area contributed by atoms with Gasteiger partial charge in [-0.2, -0.15) is 8.42 Å². The van der Waals surface area contributed by atoms with Gasteiger partial charge in [0, 0.05) is 17.0 Å². The van der Waals surface area contributed by atoms with Crippen LogP contribution in [0.2, 0.25) is 5.02 Å². The van der Waals surface area contributed by atoms with Crippen LogP contribution in [0, 0.1) is 0 Å². The van der Waals surface area contributed by atoms with Gasteiger partial charge in [-0.25, -0.2) is 4.98 Å². The summed E-state index contributed by atoms with van der Waals surface area (Å²) in [7, 11) is -3.71. The zero-order valence-electron chi connectivity index (χ0n) is 24.8. The van der Waals surface area contributed by atoms with Gasteiger partial charge < -0.3 is 9.47 Å². The summed E-state index contributed by atoms with van der Waals surface area (Å²) in [5.74, 6) is 0. The van der Waals surface area contributed by atoms with E-state index >= 15 is 0 Å². The summed E-state index contributed by atoms with van der Waals surface area (Å²) >= 11 is 6.15. The van der Waals surface area contributed by atoms with Crippen LogP contribution in [0.3, 0.4) is 0 Å². The average molecular weight is 620 g/mol. The van der Waals surface area contributed by atoms with Crippen molar-refractivity contribution in [1.82, 2.24) is 4.98 Å². The van der Waals surface area contributed by atoms with Crippen molar-refractivity contribution < 1.29 is 22.1 Å². The lowest BCUT2D eigenvalue weighted by atomic mass is 9.89. The van der Waals surface area contributed by atoms with E-state index in [9.17, 15) is 8.42 Å². The molecule has 2 heterocycles. The quantitative estimate of drug-likeness (QED) is 0.157. The highest BCUT2D eigenvalue weighted by Crippen LogP contribution is 2.34. The molecule has 5 rings (SSSR count). The van der Waals surface area contributed by atoms with Crippen LogP contribution in [0.15, 0.2) is 78.9 Å². The summed E-state index contributed by atoms with van der Waals surface area (Å²) in [4.78, 5) is 4.69. The number of aromatic nitrogens is 1. The van der Waals surface area contributed by atoms with Crippen molar-refractivity contribution in [1.29, 1.82) is 0 Å². The Morgan fingerprint density at radius 2 is 1.84 bits per heavy atom. The molecule has 1 saturated heterocycles. The van der Waals surface area contributed by atoms with Crippen molar-refractivity contribution >= 4 is 44.8 Å². The third kappa shape index (κ3) is 8.74. The fourth-order valence-electron chi connectivity index (χ4n) is 5.53. The smallest absolute Gasteiger partial charge is 0.264 e. The van der Waals surface area contributed by atoms with Crippen molar-refractivity contribution in [3.63, 3.8) is 0 Å². The first-order valence-corrected chi connectivity index (χ1v) is 16.9. The van der Waals surface area contributed by atoms with Crippen molar-refractivity contribution in [2.75, 3.05) is 12.9 Å². The molecule has 0 radical (unpaired) electrons. The Morgan fingerprint density at radius 3 is 2.63 bits per heavy atom. The number of hydrogen-bond donors (Lipinski definition) is 0. The van der Waals surface area contributed by atoms with Crippen molar-refractivity contribution in [3.8, 4) is 0 Å². The Kier molecular flexibility index (Phi) is 9.99. The van der Waals surface area contributed by atoms with Crippen molar-refractivity contribution in [3.05, 3.63) is 112 Å². The third-order valence-corrected chi connectivity index (χ3v) is 8.42. The maximum Gasteiger partial charge on any atom is 0.264 e. The van der Waals surface area contributed by atoms with Crippen molar-refractivity contribution in [2.45, 2.75) is 63.9 Å². The first kappa shape index (κ1) is 31.4. The van der Waals surface area contributed by atoms with E-state index in [-0.39, 0.29) is 6.29 Å². The number of benzene rings is 3. The second kappa shape index (κ2) is 13.7. The second-order valence-corrected chi connectivity index (χ2v) is 13.5. The minimum atomic E-state index is -3.71. The Balaban J connectivity index is 1.35. The average Bonchev–Trinajstić information content (AvgIpc) is 2.98. The Labute approximate surface area is 259 Å². The molecule has 1 aromatic heterocycles. The highest BCUT2D eigenvalue weighted by Gasteiger charge is 2.30. The van der Waals surface area contributed by atoms with Gasteiger partial charge in [0.05, 0.1) is 23.1 Å². The molecular weight excluding hydrogens is 582 g/mol. The molecule has 2 atom stereocenters. The summed E-state index contributed by atoms with van der Waals surface area (Å²) in [6.07, 6.45) is 8.23. The van der Waals surface area contributed by atoms with Gasteiger partial charge in [-0.15, -0.1) is 0 Å². The van der Waals surface area contributed by atoms with Crippen LogP contribution in [-0.4, -0.2) is 32.6 Å². The Morgan fingerprint density at radius 1 is 1.02 bits per heavy atom. The molecule has 1 aliphatic rings. The molecule has 1 fully saturated rings. The summed E-state index contributed by atoms with van der Waals surface area (Å²) in [5.41, 5.74) is 4.89.